The SMILES string of the molecule is CC(C)C(=O)COC(=O)c1cc(COC(=O)NC(O)C(F)(F)F)ccc1OP1(=O)OCC(OP(=O)(O)O)CO1.[Fm].[Fm]. The summed E-state index contributed by atoms with van der Waals surface area (Å²) in [5, 5.41) is 10.0. The number of rotatable bonds is 11. The van der Waals surface area contributed by atoms with E-state index in [0.29, 0.717) is 0 Å². The van der Waals surface area contributed by atoms with Crippen molar-refractivity contribution in [1.82, 2.24) is 5.32 Å². The molecule has 1 saturated heterocycles. The van der Waals surface area contributed by atoms with E-state index in [0.717, 1.165) is 23.5 Å². The van der Waals surface area contributed by atoms with Crippen LogP contribution in [0.5, 0.6) is 5.75 Å². The minimum atomic E-state index is -5.15. The number of aliphatic hydroxyl groups excluding tert-OH is 1. The van der Waals surface area contributed by atoms with E-state index in [1.807, 2.05) is 0 Å². The molecule has 0 aromatic heterocycles. The molecule has 1 atom stereocenters. The van der Waals surface area contributed by atoms with Crippen LogP contribution in [0.1, 0.15) is 29.8 Å². The van der Waals surface area contributed by atoms with Crippen LogP contribution in [0, 0.1) is 5.92 Å². The van der Waals surface area contributed by atoms with Gasteiger partial charge >= 0.3 is 33.9 Å². The van der Waals surface area contributed by atoms with E-state index < -0.39 is 95.7 Å². The molecule has 1 unspecified atom stereocenters. The third-order valence-electron chi connectivity index (χ3n) is 4.52. The number of amides is 1. The van der Waals surface area contributed by atoms with E-state index in [1.54, 1.807) is 13.8 Å². The third kappa shape index (κ3) is 11.6. The molecule has 22 heteroatoms. The molecule has 244 valence electrons. The number of esters is 1. The zero-order chi connectivity index (χ0) is 29.6. The van der Waals surface area contributed by atoms with Crippen LogP contribution >= 0.6 is 15.6 Å². The minimum Gasteiger partial charge on any atom is -0.454 e. The quantitative estimate of drug-likeness (QED) is 0.142. The first-order chi connectivity index (χ1) is 17.9. The van der Waals surface area contributed by atoms with Crippen LogP contribution in [0.2, 0.25) is 0 Å². The molecule has 15 nitrogen and oxygen atoms in total. The molecule has 0 aliphatic carbocycles. The Hall–Kier alpha value is -4.56. The van der Waals surface area contributed by atoms with Gasteiger partial charge in [-0.3, -0.25) is 23.7 Å². The number of phosphoric ester groups is 2. The Morgan fingerprint density at radius 1 is 1.15 bits per heavy atom. The van der Waals surface area contributed by atoms with Crippen molar-refractivity contribution in [1.29, 1.82) is 0 Å². The average molecular weight is 1120 g/mol. The molecular formula is C19H24F3Fm2NO14P2. The van der Waals surface area contributed by atoms with E-state index >= 15 is 0 Å². The van der Waals surface area contributed by atoms with Gasteiger partial charge in [0.1, 0.15) is 24.0 Å². The summed E-state index contributed by atoms with van der Waals surface area (Å²) in [5.41, 5.74) is -0.501. The summed E-state index contributed by atoms with van der Waals surface area (Å²) in [6, 6.07) is 3.15. The van der Waals surface area contributed by atoms with Crippen LogP contribution in [0.15, 0.2) is 18.2 Å². The predicted octanol–water partition coefficient (Wildman–Crippen LogP) is 2.19. The molecule has 1 aliphatic heterocycles. The van der Waals surface area contributed by atoms with E-state index in [4.69, 9.17) is 33.2 Å². The van der Waals surface area contributed by atoms with Crippen LogP contribution in [0.25, 0.3) is 0 Å². The molecule has 0 saturated carbocycles. The number of hydrogen-bond acceptors (Lipinski definition) is 12. The zero-order valence-corrected chi connectivity index (χ0v) is 27.3. The summed E-state index contributed by atoms with van der Waals surface area (Å²) in [6.07, 6.45) is -11.3. The number of ether oxygens (including phenoxy) is 2. The van der Waals surface area contributed by atoms with Crippen LogP contribution < -0.4 is 9.84 Å². The Labute approximate surface area is 218 Å². The van der Waals surface area contributed by atoms with Gasteiger partial charge in [0, 0.05) is 5.92 Å². The standard InChI is InChI=1S/C19H24F3NO14P2.2Fm/c1-10(2)14(24)9-32-16(25)13-5-11(6-33-18(27)23-17(26)19(20,21)22)3-4-15(13)37-39(31)34-7-12(8-35-39)36-38(28,29)30;;/h3-5,10,12,17,26H,6-9H2,1-2H3,(H,23,27)(H2,28,29,30);;. The fourth-order valence-electron chi connectivity index (χ4n) is 2.53. The Morgan fingerprint density at radius 3 is 2.24 bits per heavy atom. The first-order valence-corrected chi connectivity index (χ1v) is 13.7. The van der Waals surface area contributed by atoms with Crippen LogP contribution in [0.4, 0.5) is 18.0 Å². The second-order valence-electron chi connectivity index (χ2n) is 8.04. The third-order valence-corrected chi connectivity index (χ3v) is 6.45. The molecule has 1 fully saturated rings. The Morgan fingerprint density at radius 2 is 1.73 bits per heavy atom. The zero-order valence-electron chi connectivity index (χ0n) is 20.7. The number of hydrogen-bond donors (Lipinski definition) is 4. The monoisotopic (exact) mass is 1120 g/mol. The molecule has 1 aromatic rings. The first kappa shape index (κ1) is 36.4. The number of alkyl carbamates (subject to hydrolysis) is 1. The van der Waals surface area contributed by atoms with E-state index in [-0.39, 0.29) is 5.56 Å². The Balaban J connectivity index is 0.00000800. The number of aliphatic hydroxyl groups is 1. The van der Waals surface area contributed by atoms with Crippen molar-refractivity contribution in [3.63, 3.8) is 0 Å². The summed E-state index contributed by atoms with van der Waals surface area (Å²) in [4.78, 5) is 53.8. The minimum absolute atomic E-state index is 0. The second kappa shape index (κ2) is 14.2. The summed E-state index contributed by atoms with van der Waals surface area (Å²) in [5.74, 6) is -2.59. The maximum atomic E-state index is 12.8. The molecule has 1 aromatic carbocycles. The maximum absolute atomic E-state index is 12.8. The van der Waals surface area contributed by atoms with Crippen LogP contribution in [0.3, 0.4) is 0 Å². The number of phosphoric acid groups is 2. The van der Waals surface area contributed by atoms with Gasteiger partial charge in [0.15, 0.2) is 12.4 Å². The molecular weight excluding hydrogens is 1100 g/mol. The molecule has 0 bridgehead atoms. The molecule has 4 N–H and O–H groups in total. The molecule has 2 rings (SSSR count). The van der Waals surface area contributed by atoms with Gasteiger partial charge < -0.3 is 28.9 Å². The van der Waals surface area contributed by atoms with Gasteiger partial charge in [-0.25, -0.2) is 18.7 Å². The van der Waals surface area contributed by atoms with Gasteiger partial charge in [0.05, 0.1) is 13.2 Å². The number of carbonyl (C=O) groups is 3. The fourth-order valence-corrected chi connectivity index (χ4v) is 4.32. The number of alkyl halides is 3. The normalized spacial score (nSPS) is 19.7. The van der Waals surface area contributed by atoms with Gasteiger partial charge in [-0.2, -0.15) is 13.2 Å². The second-order valence-corrected chi connectivity index (χ2v) is 10.8. The molecule has 1 amide bonds. The van der Waals surface area contributed by atoms with E-state index in [2.05, 4.69) is 9.26 Å². The smallest absolute Gasteiger partial charge is 0.454 e. The Bertz CT molecular complexity index is 1150. The van der Waals surface area contributed by atoms with Gasteiger partial charge in [0.2, 0.25) is 6.23 Å². The summed E-state index contributed by atoms with van der Waals surface area (Å²) < 4.78 is 89.7. The Kier molecular flexibility index (Phi) is 12.6. The van der Waals surface area contributed by atoms with Crippen molar-refractivity contribution < 1.29 is 79.1 Å². The number of halogens is 3. The van der Waals surface area contributed by atoms with E-state index in [9.17, 15) is 36.7 Å². The molecule has 1 aliphatic rings. The number of carbonyl (C=O) groups excluding carboxylic acids is 3. The van der Waals surface area contributed by atoms with Crippen LogP contribution in [-0.2, 0) is 43.6 Å². The van der Waals surface area contributed by atoms with Crippen molar-refractivity contribution in [2.75, 3.05) is 19.8 Å². The molecule has 1 heterocycles. The average Bonchev–Trinajstić information content (AvgIpc) is 2.81. The van der Waals surface area contributed by atoms with Crippen molar-refractivity contribution >= 4 is 33.5 Å². The predicted molar refractivity (Wildman–Crippen MR) is 119 cm³/mol. The van der Waals surface area contributed by atoms with Gasteiger partial charge in [-0.1, -0.05) is 19.9 Å². The molecule has 0 radical (unpaired) electrons. The molecule has 0 spiro atoms. The first-order valence-electron chi connectivity index (χ1n) is 10.7. The number of nitrogens with one attached hydrogen (secondary N) is 1. The van der Waals surface area contributed by atoms with Crippen molar-refractivity contribution in [2.45, 2.75) is 39.0 Å². The number of ketones is 1. The van der Waals surface area contributed by atoms with Crippen molar-refractivity contribution in [3.8, 4) is 5.75 Å². The van der Waals surface area contributed by atoms with Gasteiger partial charge in [-0.15, -0.1) is 0 Å². The van der Waals surface area contributed by atoms with Gasteiger partial charge in [-0.05, 0) is 17.7 Å². The summed E-state index contributed by atoms with van der Waals surface area (Å²) in [6.45, 7) is 0.479. The molecule has 41 heavy (non-hydrogen) atoms. The van der Waals surface area contributed by atoms with Gasteiger partial charge in [0.25, 0.3) is 0 Å². The topological polar surface area (TPSA) is 213 Å². The fraction of sp³-hybridized carbons (Fsp3) is 0.526. The summed E-state index contributed by atoms with van der Waals surface area (Å²) in [7, 11) is -9.39. The van der Waals surface area contributed by atoms with Crippen molar-refractivity contribution in [3.05, 3.63) is 29.3 Å². The maximum Gasteiger partial charge on any atom is 0.530 e. The van der Waals surface area contributed by atoms with Crippen LogP contribution in [-0.4, -0.2) is 71.1 Å². The number of benzene rings is 1. The number of Topliss-reactive ketones (excluding diaryl/α,β-unsaturated/α-hetero) is 1. The largest absolute Gasteiger partial charge is 0.530 e. The van der Waals surface area contributed by atoms with E-state index in [1.165, 1.54) is 0 Å². The van der Waals surface area contributed by atoms with Crippen molar-refractivity contribution in [2.24, 2.45) is 5.92 Å². The summed E-state index contributed by atoms with van der Waals surface area (Å²) >= 11 is 0.